The molecule has 0 aliphatic rings. The SMILES string of the molecule is CCC(O)OP(=O)(O)O.[H-].[Na+]. The maximum absolute atomic E-state index is 9.91. The van der Waals surface area contributed by atoms with Crippen LogP contribution < -0.4 is 29.6 Å². The molecule has 0 bridgehead atoms. The predicted molar refractivity (Wildman–Crippen MR) is 30.5 cm³/mol. The minimum Gasteiger partial charge on any atom is -1.00 e. The van der Waals surface area contributed by atoms with Crippen LogP contribution in [-0.4, -0.2) is 21.2 Å². The van der Waals surface area contributed by atoms with Crippen LogP contribution in [0.25, 0.3) is 0 Å². The first-order chi connectivity index (χ1) is 3.95. The number of phosphoric ester groups is 1. The van der Waals surface area contributed by atoms with Crippen molar-refractivity contribution in [3.05, 3.63) is 0 Å². The Balaban J connectivity index is -0.000000320. The van der Waals surface area contributed by atoms with Crippen molar-refractivity contribution in [1.82, 2.24) is 0 Å². The second kappa shape index (κ2) is 5.69. The summed E-state index contributed by atoms with van der Waals surface area (Å²) in [4.78, 5) is 16.1. The molecule has 0 radical (unpaired) electrons. The molecule has 58 valence electrons. The molecule has 0 aromatic heterocycles. The summed E-state index contributed by atoms with van der Waals surface area (Å²) in [6, 6.07) is 0. The van der Waals surface area contributed by atoms with Crippen LogP contribution in [-0.2, 0) is 9.09 Å². The van der Waals surface area contributed by atoms with E-state index in [4.69, 9.17) is 14.9 Å². The summed E-state index contributed by atoms with van der Waals surface area (Å²) in [7, 11) is -4.49. The number of aliphatic hydroxyl groups excluding tert-OH is 1. The Morgan fingerprint density at radius 1 is 1.70 bits per heavy atom. The first kappa shape index (κ1) is 13.6. The van der Waals surface area contributed by atoms with E-state index in [1.54, 1.807) is 6.92 Å². The molecule has 0 aromatic rings. The van der Waals surface area contributed by atoms with E-state index in [0.29, 0.717) is 0 Å². The van der Waals surface area contributed by atoms with Crippen LogP contribution in [0.5, 0.6) is 0 Å². The molecule has 0 saturated carbocycles. The second-order valence-electron chi connectivity index (χ2n) is 1.46. The third kappa shape index (κ3) is 9.07. The zero-order valence-corrected chi connectivity index (χ0v) is 8.78. The van der Waals surface area contributed by atoms with Gasteiger partial charge in [0.25, 0.3) is 0 Å². The summed E-state index contributed by atoms with van der Waals surface area (Å²) in [6.45, 7) is 1.54. The van der Waals surface area contributed by atoms with E-state index in [9.17, 15) is 4.57 Å². The van der Waals surface area contributed by atoms with Gasteiger partial charge in [0.2, 0.25) is 0 Å². The number of hydrogen-bond donors (Lipinski definition) is 3. The molecule has 1 atom stereocenters. The number of hydrogen-bond acceptors (Lipinski definition) is 3. The second-order valence-corrected chi connectivity index (χ2v) is 2.65. The van der Waals surface area contributed by atoms with Crippen molar-refractivity contribution in [2.24, 2.45) is 0 Å². The van der Waals surface area contributed by atoms with E-state index in [0.717, 1.165) is 0 Å². The summed E-state index contributed by atoms with van der Waals surface area (Å²) in [5, 5.41) is 8.48. The van der Waals surface area contributed by atoms with Gasteiger partial charge >= 0.3 is 37.4 Å². The third-order valence-electron chi connectivity index (χ3n) is 0.608. The van der Waals surface area contributed by atoms with Gasteiger partial charge in [-0.1, -0.05) is 6.92 Å². The number of rotatable bonds is 3. The topological polar surface area (TPSA) is 87.0 Å². The Bertz CT molecular complexity index is 127. The minimum absolute atomic E-state index is 0. The van der Waals surface area contributed by atoms with Crippen LogP contribution in [0.3, 0.4) is 0 Å². The molecule has 0 aliphatic carbocycles. The van der Waals surface area contributed by atoms with Crippen LogP contribution >= 0.6 is 7.82 Å². The molecule has 0 fully saturated rings. The maximum Gasteiger partial charge on any atom is 1.00 e. The Morgan fingerprint density at radius 2 is 2.10 bits per heavy atom. The third-order valence-corrected chi connectivity index (χ3v) is 1.13. The molecular weight excluding hydrogens is 170 g/mol. The monoisotopic (exact) mass is 180 g/mol. The molecule has 0 aliphatic heterocycles. The minimum atomic E-state index is -4.49. The fraction of sp³-hybridized carbons (Fsp3) is 1.00. The molecule has 0 amide bonds. The predicted octanol–water partition coefficient (Wildman–Crippen LogP) is -3.06. The Kier molecular flexibility index (Phi) is 7.76. The van der Waals surface area contributed by atoms with Crippen molar-refractivity contribution in [3.63, 3.8) is 0 Å². The van der Waals surface area contributed by atoms with E-state index in [-0.39, 0.29) is 37.4 Å². The van der Waals surface area contributed by atoms with Crippen molar-refractivity contribution in [1.29, 1.82) is 0 Å². The molecule has 7 heteroatoms. The Morgan fingerprint density at radius 3 is 2.20 bits per heavy atom. The summed E-state index contributed by atoms with van der Waals surface area (Å²) >= 11 is 0. The normalized spacial score (nSPS) is 14.0. The van der Waals surface area contributed by atoms with Gasteiger partial charge in [0.1, 0.15) is 0 Å². The van der Waals surface area contributed by atoms with E-state index >= 15 is 0 Å². The van der Waals surface area contributed by atoms with Gasteiger partial charge in [-0.3, -0.25) is 4.52 Å². The largest absolute Gasteiger partial charge is 1.00 e. The molecular formula is C3H10NaO5P. The van der Waals surface area contributed by atoms with Crippen LogP contribution in [0.1, 0.15) is 14.8 Å². The van der Waals surface area contributed by atoms with Crippen molar-refractivity contribution in [2.45, 2.75) is 19.6 Å². The average molecular weight is 180 g/mol. The van der Waals surface area contributed by atoms with Gasteiger partial charge in [0.15, 0.2) is 6.29 Å². The van der Waals surface area contributed by atoms with E-state index in [2.05, 4.69) is 4.52 Å². The van der Waals surface area contributed by atoms with Gasteiger partial charge in [-0.25, -0.2) is 4.57 Å². The fourth-order valence-corrected chi connectivity index (χ4v) is 0.699. The van der Waals surface area contributed by atoms with Crippen molar-refractivity contribution in [3.8, 4) is 0 Å². The van der Waals surface area contributed by atoms with Crippen molar-refractivity contribution in [2.75, 3.05) is 0 Å². The van der Waals surface area contributed by atoms with E-state index < -0.39 is 14.1 Å². The van der Waals surface area contributed by atoms with Gasteiger partial charge in [-0.15, -0.1) is 0 Å². The zero-order chi connectivity index (χ0) is 7.49. The van der Waals surface area contributed by atoms with Crippen LogP contribution in [0.2, 0.25) is 0 Å². The van der Waals surface area contributed by atoms with Crippen LogP contribution in [0.4, 0.5) is 0 Å². The summed E-state index contributed by atoms with van der Waals surface area (Å²) in [6.07, 6.45) is -1.21. The molecule has 1 unspecified atom stereocenters. The molecule has 0 spiro atoms. The molecule has 0 heterocycles. The summed E-state index contributed by atoms with van der Waals surface area (Å²) < 4.78 is 13.7. The average Bonchev–Trinajstić information content (AvgIpc) is 1.62. The number of aliphatic hydroxyl groups is 1. The standard InChI is InChI=1S/C3H9O5P.Na.H/c1-2-3(4)8-9(5,6)7;;/h3-4H,2H2,1H3,(H2,5,6,7);;/q;+1;-1. The van der Waals surface area contributed by atoms with Gasteiger partial charge in [-0.05, 0) is 6.42 Å². The molecule has 0 saturated heterocycles. The van der Waals surface area contributed by atoms with Crippen LogP contribution in [0.15, 0.2) is 0 Å². The number of phosphoric acid groups is 1. The van der Waals surface area contributed by atoms with Gasteiger partial charge in [-0.2, -0.15) is 0 Å². The molecule has 0 rings (SSSR count). The van der Waals surface area contributed by atoms with E-state index in [1.807, 2.05) is 0 Å². The quantitative estimate of drug-likeness (QED) is 0.244. The Labute approximate surface area is 82.4 Å². The molecule has 3 N–H and O–H groups in total. The molecule has 10 heavy (non-hydrogen) atoms. The van der Waals surface area contributed by atoms with Crippen LogP contribution in [0, 0.1) is 0 Å². The van der Waals surface area contributed by atoms with Gasteiger partial charge in [0.05, 0.1) is 0 Å². The van der Waals surface area contributed by atoms with Crippen molar-refractivity contribution >= 4 is 7.82 Å². The molecule has 0 aromatic carbocycles. The summed E-state index contributed by atoms with van der Waals surface area (Å²) in [5.74, 6) is 0. The van der Waals surface area contributed by atoms with Gasteiger partial charge in [0, 0.05) is 0 Å². The first-order valence-electron chi connectivity index (χ1n) is 2.37. The fourth-order valence-electron chi connectivity index (χ4n) is 0.233. The molecule has 5 nitrogen and oxygen atoms in total. The smallest absolute Gasteiger partial charge is 1.00 e. The first-order valence-corrected chi connectivity index (χ1v) is 3.90. The Hall–Kier alpha value is 1.07. The zero-order valence-electron chi connectivity index (χ0n) is 6.89. The maximum atomic E-state index is 9.91. The van der Waals surface area contributed by atoms with Gasteiger partial charge < -0.3 is 16.3 Å². The van der Waals surface area contributed by atoms with Crippen molar-refractivity contribution < 1.29 is 55.0 Å². The van der Waals surface area contributed by atoms with E-state index in [1.165, 1.54) is 0 Å². The summed E-state index contributed by atoms with van der Waals surface area (Å²) in [5.41, 5.74) is 0.